The molecule has 2 fully saturated rings. The minimum atomic E-state index is -0.506. The van der Waals surface area contributed by atoms with Gasteiger partial charge in [0.15, 0.2) is 0 Å². The number of ether oxygens (including phenoxy) is 1. The molecular weight excluding hydrogens is 432 g/mol. The predicted molar refractivity (Wildman–Crippen MR) is 133 cm³/mol. The Labute approximate surface area is 204 Å². The molecule has 2 amide bonds. The Balaban J connectivity index is 1.65. The lowest BCUT2D eigenvalue weighted by Gasteiger charge is -2.35. The molecule has 1 aromatic heterocycles. The molecule has 34 heavy (non-hydrogen) atoms. The molecule has 1 N–H and O–H groups in total. The average Bonchev–Trinajstić information content (AvgIpc) is 3.20. The Morgan fingerprint density at radius 1 is 1.03 bits per heavy atom. The molecule has 0 unspecified atom stereocenters. The fourth-order valence-corrected chi connectivity index (χ4v) is 4.62. The van der Waals surface area contributed by atoms with Crippen LogP contribution >= 0.6 is 0 Å². The summed E-state index contributed by atoms with van der Waals surface area (Å²) in [7, 11) is 2.14. The van der Waals surface area contributed by atoms with E-state index in [2.05, 4.69) is 48.0 Å². The van der Waals surface area contributed by atoms with Gasteiger partial charge in [0.25, 0.3) is 5.91 Å². The van der Waals surface area contributed by atoms with Gasteiger partial charge in [-0.3, -0.25) is 14.4 Å². The van der Waals surface area contributed by atoms with Crippen molar-refractivity contribution in [3.8, 4) is 0 Å². The summed E-state index contributed by atoms with van der Waals surface area (Å²) in [6.07, 6.45) is 3.01. The highest BCUT2D eigenvalue weighted by Gasteiger charge is 2.34. The van der Waals surface area contributed by atoms with Gasteiger partial charge in [0.1, 0.15) is 5.60 Å². The average molecular weight is 477 g/mol. The molecule has 0 spiro atoms. The normalized spacial score (nSPS) is 19.3. The summed E-state index contributed by atoms with van der Waals surface area (Å²) in [6, 6.07) is 0. The van der Waals surface area contributed by atoms with Crippen molar-refractivity contribution in [2.45, 2.75) is 71.4 Å². The smallest absolute Gasteiger partial charge is 0.410 e. The first kappa shape index (κ1) is 26.5. The molecule has 0 radical (unpaired) electrons. The maximum absolute atomic E-state index is 13.2. The molecule has 0 saturated carbocycles. The van der Waals surface area contributed by atoms with Gasteiger partial charge in [0, 0.05) is 58.3 Å². The molecule has 0 aliphatic carbocycles. The topological polar surface area (TPSA) is 82.9 Å². The molecule has 192 valence electrons. The number of aromatic nitrogens is 2. The van der Waals surface area contributed by atoms with Crippen LogP contribution in [0.2, 0.25) is 0 Å². The van der Waals surface area contributed by atoms with Crippen LogP contribution in [0.4, 0.5) is 4.79 Å². The summed E-state index contributed by atoms with van der Waals surface area (Å²) >= 11 is 0. The third kappa shape index (κ3) is 6.95. The Bertz CT molecular complexity index is 838. The summed E-state index contributed by atoms with van der Waals surface area (Å²) in [5.41, 5.74) is 0.891. The highest BCUT2D eigenvalue weighted by molar-refractivity contribution is 5.95. The first-order chi connectivity index (χ1) is 15.8. The van der Waals surface area contributed by atoms with Gasteiger partial charge in [-0.05, 0) is 61.4 Å². The highest BCUT2D eigenvalue weighted by atomic mass is 16.6. The van der Waals surface area contributed by atoms with Gasteiger partial charge in [0.05, 0.1) is 23.0 Å². The lowest BCUT2D eigenvalue weighted by molar-refractivity contribution is 0.0201. The lowest BCUT2D eigenvalue weighted by Crippen LogP contribution is -2.47. The lowest BCUT2D eigenvalue weighted by atomic mass is 9.90. The van der Waals surface area contributed by atoms with E-state index in [1.54, 1.807) is 11.1 Å². The number of hydrogen-bond acceptors (Lipinski definition) is 6. The number of nitrogens with zero attached hydrogens (tertiary/aromatic N) is 5. The first-order valence-electron chi connectivity index (χ1n) is 12.6. The maximum Gasteiger partial charge on any atom is 0.410 e. The van der Waals surface area contributed by atoms with Crippen molar-refractivity contribution in [3.05, 3.63) is 17.5 Å². The number of carbonyl (C=O) groups excluding carboxylic acids is 2. The standard InChI is InChI=1S/C25H44N6O3/c1-24(2,3)31-21(19-8-11-30(12-9-19)23(33)34-25(4,5)6)20(18-27-31)22(32)26-10-13-29-16-14-28(7)15-17-29/h18-19H,8-17H2,1-7H3,(H,26,32). The fourth-order valence-electron chi connectivity index (χ4n) is 4.62. The number of likely N-dealkylation sites (N-methyl/N-ethyl adjacent to an activating group) is 1. The number of carbonyl (C=O) groups is 2. The second-order valence-corrected chi connectivity index (χ2v) is 11.7. The molecule has 9 nitrogen and oxygen atoms in total. The summed E-state index contributed by atoms with van der Waals surface area (Å²) < 4.78 is 7.54. The second kappa shape index (κ2) is 10.6. The number of amides is 2. The Morgan fingerprint density at radius 3 is 2.21 bits per heavy atom. The van der Waals surface area contributed by atoms with Crippen LogP contribution in [0.3, 0.4) is 0 Å². The van der Waals surface area contributed by atoms with Crippen LogP contribution in [0.25, 0.3) is 0 Å². The van der Waals surface area contributed by atoms with E-state index in [1.165, 1.54) is 0 Å². The van der Waals surface area contributed by atoms with E-state index < -0.39 is 5.60 Å². The largest absolute Gasteiger partial charge is 0.444 e. The Kier molecular flexibility index (Phi) is 8.29. The van der Waals surface area contributed by atoms with Gasteiger partial charge < -0.3 is 19.9 Å². The van der Waals surface area contributed by atoms with Crippen molar-refractivity contribution < 1.29 is 14.3 Å². The molecule has 3 rings (SSSR count). The third-order valence-corrected chi connectivity index (χ3v) is 6.53. The fraction of sp³-hybridized carbons (Fsp3) is 0.800. The first-order valence-corrected chi connectivity index (χ1v) is 12.6. The predicted octanol–water partition coefficient (Wildman–Crippen LogP) is 2.73. The van der Waals surface area contributed by atoms with Crippen LogP contribution in [0, 0.1) is 0 Å². The molecule has 3 heterocycles. The maximum atomic E-state index is 13.2. The van der Waals surface area contributed by atoms with E-state index in [-0.39, 0.29) is 23.5 Å². The highest BCUT2D eigenvalue weighted by Crippen LogP contribution is 2.33. The van der Waals surface area contributed by atoms with Gasteiger partial charge in [0.2, 0.25) is 0 Å². The van der Waals surface area contributed by atoms with Crippen LogP contribution in [-0.4, -0.2) is 101 Å². The number of nitrogens with one attached hydrogen (secondary N) is 1. The SMILES string of the molecule is CN1CCN(CCNC(=O)c2cnn(C(C)(C)C)c2C2CCN(C(=O)OC(C)(C)C)CC2)CC1. The summed E-state index contributed by atoms with van der Waals surface area (Å²) in [5, 5.41) is 7.75. The van der Waals surface area contributed by atoms with Crippen LogP contribution < -0.4 is 5.32 Å². The number of hydrogen-bond donors (Lipinski definition) is 1. The molecule has 0 aromatic carbocycles. The molecule has 2 saturated heterocycles. The Hall–Kier alpha value is -2.13. The zero-order chi connectivity index (χ0) is 25.1. The minimum absolute atomic E-state index is 0.0609. The number of rotatable bonds is 5. The van der Waals surface area contributed by atoms with Gasteiger partial charge in [-0.2, -0.15) is 5.10 Å². The second-order valence-electron chi connectivity index (χ2n) is 11.7. The van der Waals surface area contributed by atoms with Crippen molar-refractivity contribution in [2.75, 3.05) is 59.4 Å². The number of piperidine rings is 1. The number of likely N-dealkylation sites (tertiary alicyclic amines) is 1. The van der Waals surface area contributed by atoms with Crippen molar-refractivity contribution >= 4 is 12.0 Å². The van der Waals surface area contributed by atoms with Gasteiger partial charge in [-0.1, -0.05) is 0 Å². The van der Waals surface area contributed by atoms with Gasteiger partial charge in [-0.25, -0.2) is 4.79 Å². The van der Waals surface area contributed by atoms with Gasteiger partial charge in [-0.15, -0.1) is 0 Å². The van der Waals surface area contributed by atoms with Crippen LogP contribution in [-0.2, 0) is 10.3 Å². The summed E-state index contributed by atoms with van der Waals surface area (Å²) in [5.74, 6) is 0.105. The monoisotopic (exact) mass is 476 g/mol. The molecule has 2 aliphatic heterocycles. The van der Waals surface area contributed by atoms with Crippen LogP contribution in [0.5, 0.6) is 0 Å². The number of piperazine rings is 1. The quantitative estimate of drug-likeness (QED) is 0.704. The molecular formula is C25H44N6O3. The van der Waals surface area contributed by atoms with E-state index in [9.17, 15) is 9.59 Å². The zero-order valence-corrected chi connectivity index (χ0v) is 22.2. The van der Waals surface area contributed by atoms with Crippen LogP contribution in [0.15, 0.2) is 6.20 Å². The third-order valence-electron chi connectivity index (χ3n) is 6.53. The molecule has 9 heteroatoms. The van der Waals surface area contributed by atoms with Crippen LogP contribution in [0.1, 0.15) is 76.4 Å². The zero-order valence-electron chi connectivity index (χ0n) is 22.2. The summed E-state index contributed by atoms with van der Waals surface area (Å²) in [6.45, 7) is 18.9. The molecule has 0 bridgehead atoms. The molecule has 1 aromatic rings. The van der Waals surface area contributed by atoms with Crippen molar-refractivity contribution in [2.24, 2.45) is 0 Å². The molecule has 2 aliphatic rings. The van der Waals surface area contributed by atoms with Crippen molar-refractivity contribution in [3.63, 3.8) is 0 Å². The van der Waals surface area contributed by atoms with Gasteiger partial charge >= 0.3 is 6.09 Å². The van der Waals surface area contributed by atoms with Crippen molar-refractivity contribution in [1.82, 2.24) is 29.8 Å². The van der Waals surface area contributed by atoms with E-state index in [1.807, 2.05) is 25.5 Å². The van der Waals surface area contributed by atoms with E-state index >= 15 is 0 Å². The van der Waals surface area contributed by atoms with E-state index in [0.29, 0.717) is 25.2 Å². The molecule has 0 atom stereocenters. The summed E-state index contributed by atoms with van der Waals surface area (Å²) in [4.78, 5) is 32.2. The van der Waals surface area contributed by atoms with Crippen molar-refractivity contribution in [1.29, 1.82) is 0 Å². The minimum Gasteiger partial charge on any atom is -0.444 e. The van der Waals surface area contributed by atoms with E-state index in [4.69, 9.17) is 4.74 Å². The van der Waals surface area contributed by atoms with E-state index in [0.717, 1.165) is 51.3 Å². The Morgan fingerprint density at radius 2 is 1.65 bits per heavy atom.